The average molecular weight is 159 g/mol. The maximum absolute atomic E-state index is 5.52. The normalized spacial score (nSPS) is 10.4. The Balaban J connectivity index is 2.88. The summed E-state index contributed by atoms with van der Waals surface area (Å²) in [4.78, 5) is 8.34. The van der Waals surface area contributed by atoms with Crippen LogP contribution in [-0.2, 0) is 0 Å². The summed E-state index contributed by atoms with van der Waals surface area (Å²) >= 11 is 0. The Bertz CT molecular complexity index is 423. The summed E-state index contributed by atoms with van der Waals surface area (Å²) in [5.74, 6) is 0.469. The predicted molar refractivity (Wildman–Crippen MR) is 48.7 cm³/mol. The van der Waals surface area contributed by atoms with Crippen LogP contribution in [0.1, 0.15) is 5.56 Å². The summed E-state index contributed by atoms with van der Waals surface area (Å²) in [7, 11) is 0. The highest BCUT2D eigenvalue weighted by Crippen LogP contribution is 2.13. The molecule has 2 rings (SSSR count). The largest absolute Gasteiger partial charge is 0.382 e. The van der Waals surface area contributed by atoms with Crippen molar-refractivity contribution in [1.82, 2.24) is 9.97 Å². The Labute approximate surface area is 70.3 Å². The molecule has 0 atom stereocenters. The maximum Gasteiger partial charge on any atom is 0.142 e. The third-order valence-electron chi connectivity index (χ3n) is 1.79. The Morgan fingerprint density at radius 1 is 1.33 bits per heavy atom. The molecule has 0 aliphatic heterocycles. The first-order chi connectivity index (χ1) is 5.77. The van der Waals surface area contributed by atoms with Crippen molar-refractivity contribution < 1.29 is 0 Å². The van der Waals surface area contributed by atoms with Gasteiger partial charge in [0.1, 0.15) is 5.82 Å². The number of nitrogens with zero attached hydrogens (tertiary/aromatic N) is 2. The molecular weight excluding hydrogens is 150 g/mol. The summed E-state index contributed by atoms with van der Waals surface area (Å²) in [6.07, 6.45) is 1.57. The van der Waals surface area contributed by atoms with E-state index in [1.165, 1.54) is 0 Å². The third kappa shape index (κ3) is 0.993. The number of hydrogen-bond acceptors (Lipinski definition) is 3. The van der Waals surface area contributed by atoms with Gasteiger partial charge in [0.15, 0.2) is 0 Å². The zero-order chi connectivity index (χ0) is 8.55. The second kappa shape index (κ2) is 2.44. The van der Waals surface area contributed by atoms with Crippen molar-refractivity contribution in [2.45, 2.75) is 6.92 Å². The van der Waals surface area contributed by atoms with Crippen LogP contribution in [0.15, 0.2) is 24.4 Å². The highest BCUT2D eigenvalue weighted by Gasteiger charge is 1.98. The fraction of sp³-hybridized carbons (Fsp3) is 0.111. The van der Waals surface area contributed by atoms with E-state index >= 15 is 0 Å². The molecule has 0 unspecified atom stereocenters. The van der Waals surface area contributed by atoms with Gasteiger partial charge in [-0.05, 0) is 18.6 Å². The summed E-state index contributed by atoms with van der Waals surface area (Å²) in [5.41, 5.74) is 8.40. The van der Waals surface area contributed by atoms with E-state index in [4.69, 9.17) is 5.73 Å². The molecule has 12 heavy (non-hydrogen) atoms. The summed E-state index contributed by atoms with van der Waals surface area (Å²) in [6.45, 7) is 2.00. The third-order valence-corrected chi connectivity index (χ3v) is 1.79. The first kappa shape index (κ1) is 7.03. The Morgan fingerprint density at radius 2 is 2.17 bits per heavy atom. The number of para-hydroxylation sites is 1. The molecule has 0 spiro atoms. The van der Waals surface area contributed by atoms with Crippen LogP contribution in [0.5, 0.6) is 0 Å². The molecule has 0 bridgehead atoms. The first-order valence-corrected chi connectivity index (χ1v) is 3.75. The molecule has 0 aliphatic rings. The number of hydrogen-bond donors (Lipinski definition) is 1. The van der Waals surface area contributed by atoms with E-state index in [0.29, 0.717) is 5.82 Å². The van der Waals surface area contributed by atoms with Crippen LogP contribution in [0.25, 0.3) is 11.0 Å². The quantitative estimate of drug-likeness (QED) is 0.634. The minimum absolute atomic E-state index is 0.469. The Morgan fingerprint density at radius 3 is 3.00 bits per heavy atom. The van der Waals surface area contributed by atoms with Gasteiger partial charge in [-0.2, -0.15) is 0 Å². The fourth-order valence-corrected chi connectivity index (χ4v) is 1.19. The molecule has 0 aliphatic carbocycles. The fourth-order valence-electron chi connectivity index (χ4n) is 1.19. The van der Waals surface area contributed by atoms with Crippen LogP contribution in [0.4, 0.5) is 5.82 Å². The zero-order valence-corrected chi connectivity index (χ0v) is 6.78. The highest BCUT2D eigenvalue weighted by atomic mass is 14.9. The Hall–Kier alpha value is -1.64. The van der Waals surface area contributed by atoms with Crippen molar-refractivity contribution in [1.29, 1.82) is 0 Å². The van der Waals surface area contributed by atoms with Crippen LogP contribution in [-0.4, -0.2) is 9.97 Å². The molecule has 1 heterocycles. The second-order valence-corrected chi connectivity index (χ2v) is 2.74. The number of anilines is 1. The van der Waals surface area contributed by atoms with Crippen molar-refractivity contribution in [3.05, 3.63) is 30.0 Å². The Kier molecular flexibility index (Phi) is 1.43. The van der Waals surface area contributed by atoms with Crippen molar-refractivity contribution in [2.75, 3.05) is 5.73 Å². The minimum atomic E-state index is 0.469. The van der Waals surface area contributed by atoms with E-state index < -0.39 is 0 Å². The zero-order valence-electron chi connectivity index (χ0n) is 6.78. The van der Waals surface area contributed by atoms with Crippen molar-refractivity contribution in [3.8, 4) is 0 Å². The highest BCUT2D eigenvalue weighted by molar-refractivity contribution is 5.78. The van der Waals surface area contributed by atoms with Gasteiger partial charge in [-0.1, -0.05) is 12.1 Å². The molecule has 1 aromatic carbocycles. The van der Waals surface area contributed by atoms with Crippen LogP contribution < -0.4 is 5.73 Å². The molecule has 0 fully saturated rings. The monoisotopic (exact) mass is 159 g/mol. The van der Waals surface area contributed by atoms with E-state index in [2.05, 4.69) is 9.97 Å². The molecule has 3 nitrogen and oxygen atoms in total. The van der Waals surface area contributed by atoms with E-state index in [1.807, 2.05) is 25.1 Å². The lowest BCUT2D eigenvalue weighted by Gasteiger charge is -1.99. The SMILES string of the molecule is Cc1cccc2ncc(N)nc12. The smallest absolute Gasteiger partial charge is 0.142 e. The number of nitrogens with two attached hydrogens (primary N) is 1. The molecule has 2 N–H and O–H groups in total. The molecular formula is C9H9N3. The lowest BCUT2D eigenvalue weighted by molar-refractivity contribution is 1.28. The lowest BCUT2D eigenvalue weighted by Crippen LogP contribution is -1.93. The van der Waals surface area contributed by atoms with Crippen LogP contribution >= 0.6 is 0 Å². The van der Waals surface area contributed by atoms with Crippen molar-refractivity contribution >= 4 is 16.9 Å². The van der Waals surface area contributed by atoms with Gasteiger partial charge in [0.05, 0.1) is 17.2 Å². The summed E-state index contributed by atoms with van der Waals surface area (Å²) < 4.78 is 0. The number of nitrogen functional groups attached to an aromatic ring is 1. The second-order valence-electron chi connectivity index (χ2n) is 2.74. The van der Waals surface area contributed by atoms with E-state index in [0.717, 1.165) is 16.6 Å². The van der Waals surface area contributed by atoms with Gasteiger partial charge in [-0.3, -0.25) is 4.98 Å². The van der Waals surface area contributed by atoms with Gasteiger partial charge in [0.25, 0.3) is 0 Å². The number of benzene rings is 1. The number of aryl methyl sites for hydroxylation is 1. The van der Waals surface area contributed by atoms with Crippen LogP contribution in [0.2, 0.25) is 0 Å². The molecule has 60 valence electrons. The summed E-state index contributed by atoms with van der Waals surface area (Å²) in [5, 5.41) is 0. The van der Waals surface area contributed by atoms with Gasteiger partial charge in [-0.25, -0.2) is 4.98 Å². The number of rotatable bonds is 0. The molecule has 1 aromatic heterocycles. The standard InChI is InChI=1S/C9H9N3/c1-6-3-2-4-7-9(6)12-8(10)5-11-7/h2-5H,1H3,(H2,10,12). The van der Waals surface area contributed by atoms with Crippen LogP contribution in [0.3, 0.4) is 0 Å². The molecule has 2 aromatic rings. The van der Waals surface area contributed by atoms with E-state index in [9.17, 15) is 0 Å². The number of fused-ring (bicyclic) bond motifs is 1. The topological polar surface area (TPSA) is 51.8 Å². The van der Waals surface area contributed by atoms with Crippen LogP contribution in [0, 0.1) is 6.92 Å². The van der Waals surface area contributed by atoms with Gasteiger partial charge in [0, 0.05) is 0 Å². The van der Waals surface area contributed by atoms with E-state index in [-0.39, 0.29) is 0 Å². The van der Waals surface area contributed by atoms with Gasteiger partial charge < -0.3 is 5.73 Å². The first-order valence-electron chi connectivity index (χ1n) is 3.75. The van der Waals surface area contributed by atoms with Crippen molar-refractivity contribution in [2.24, 2.45) is 0 Å². The predicted octanol–water partition coefficient (Wildman–Crippen LogP) is 1.52. The van der Waals surface area contributed by atoms with Gasteiger partial charge in [-0.15, -0.1) is 0 Å². The van der Waals surface area contributed by atoms with E-state index in [1.54, 1.807) is 6.20 Å². The number of aromatic nitrogens is 2. The van der Waals surface area contributed by atoms with Gasteiger partial charge >= 0.3 is 0 Å². The van der Waals surface area contributed by atoms with Crippen molar-refractivity contribution in [3.63, 3.8) is 0 Å². The molecule has 3 heteroatoms. The molecule has 0 saturated heterocycles. The average Bonchev–Trinajstić information content (AvgIpc) is 2.07. The minimum Gasteiger partial charge on any atom is -0.382 e. The molecule has 0 amide bonds. The summed E-state index contributed by atoms with van der Waals surface area (Å²) in [6, 6.07) is 5.88. The molecule has 0 saturated carbocycles. The molecule has 0 radical (unpaired) electrons. The van der Waals surface area contributed by atoms with Gasteiger partial charge in [0.2, 0.25) is 0 Å². The lowest BCUT2D eigenvalue weighted by atomic mass is 10.2. The maximum atomic E-state index is 5.52.